The second-order valence-electron chi connectivity index (χ2n) is 6.70. The fraction of sp³-hybridized carbons (Fsp3) is 0.167. The summed E-state index contributed by atoms with van der Waals surface area (Å²) in [6, 6.07) is 15.6. The lowest BCUT2D eigenvalue weighted by atomic mass is 9.97. The van der Waals surface area contributed by atoms with Crippen molar-refractivity contribution in [2.45, 2.75) is 13.8 Å². The maximum absolute atomic E-state index is 12.9. The number of para-hydroxylation sites is 2. The zero-order valence-electron chi connectivity index (χ0n) is 16.8. The maximum atomic E-state index is 12.9. The van der Waals surface area contributed by atoms with E-state index in [0.29, 0.717) is 5.56 Å². The second kappa shape index (κ2) is 8.29. The highest BCUT2D eigenvalue weighted by Crippen LogP contribution is 2.38. The number of carbonyl (C=O) groups excluding carboxylic acids is 2. The molecule has 0 amide bonds. The molecule has 30 heavy (non-hydrogen) atoms. The van der Waals surface area contributed by atoms with Crippen LogP contribution in [0.2, 0.25) is 0 Å². The lowest BCUT2D eigenvalue weighted by molar-refractivity contribution is -0.139. The van der Waals surface area contributed by atoms with Crippen molar-refractivity contribution in [3.63, 3.8) is 0 Å². The Labute approximate surface area is 173 Å². The number of fused-ring (bicyclic) bond motifs is 2. The first-order valence-electron chi connectivity index (χ1n) is 9.87. The number of rotatable bonds is 6. The molecule has 0 unspecified atom stereocenters. The maximum Gasteiger partial charge on any atom is 0.339 e. The van der Waals surface area contributed by atoms with E-state index in [4.69, 9.17) is 9.47 Å². The molecule has 0 saturated carbocycles. The number of hydrogen-bond acceptors (Lipinski definition) is 4. The number of carbonyl (C=O) groups is 2. The highest BCUT2D eigenvalue weighted by atomic mass is 16.5. The third-order valence-electron chi connectivity index (χ3n) is 4.88. The molecule has 152 valence electrons. The van der Waals surface area contributed by atoms with Crippen molar-refractivity contribution in [3.05, 3.63) is 66.4 Å². The summed E-state index contributed by atoms with van der Waals surface area (Å²) in [6.45, 7) is 3.87. The molecule has 4 rings (SSSR count). The molecule has 2 N–H and O–H groups in total. The largest absolute Gasteiger partial charge is 0.463 e. The molecular formula is C24H22N2O4. The number of nitrogens with one attached hydrogen (secondary N) is 2. The Bertz CT molecular complexity index is 1260. The SMILES string of the molecule is CCOC(=O)/C=C(\C(=O)OCC)c1c(-c2c[nH]c3ccccc23)[nH]c2ccccc12. The van der Waals surface area contributed by atoms with Crippen LogP contribution in [0.5, 0.6) is 0 Å². The van der Waals surface area contributed by atoms with Crippen molar-refractivity contribution in [2.24, 2.45) is 0 Å². The van der Waals surface area contributed by atoms with Gasteiger partial charge in [-0.05, 0) is 26.0 Å². The molecule has 0 aliphatic rings. The van der Waals surface area contributed by atoms with Gasteiger partial charge < -0.3 is 19.4 Å². The van der Waals surface area contributed by atoms with Gasteiger partial charge in [0.2, 0.25) is 0 Å². The molecule has 0 spiro atoms. The van der Waals surface area contributed by atoms with Crippen LogP contribution in [0.15, 0.2) is 60.8 Å². The van der Waals surface area contributed by atoms with E-state index in [1.807, 2.05) is 54.7 Å². The molecule has 6 nitrogen and oxygen atoms in total. The van der Waals surface area contributed by atoms with Gasteiger partial charge in [0, 0.05) is 45.2 Å². The molecule has 0 aliphatic carbocycles. The summed E-state index contributed by atoms with van der Waals surface area (Å²) in [5.41, 5.74) is 4.24. The fourth-order valence-corrected chi connectivity index (χ4v) is 3.65. The molecule has 2 heterocycles. The van der Waals surface area contributed by atoms with Crippen molar-refractivity contribution in [3.8, 4) is 11.3 Å². The third kappa shape index (κ3) is 3.48. The third-order valence-corrected chi connectivity index (χ3v) is 4.88. The number of ether oxygens (including phenoxy) is 2. The summed E-state index contributed by atoms with van der Waals surface area (Å²) >= 11 is 0. The Kier molecular flexibility index (Phi) is 5.39. The Morgan fingerprint density at radius 2 is 1.57 bits per heavy atom. The summed E-state index contributed by atoms with van der Waals surface area (Å²) in [4.78, 5) is 31.9. The smallest absolute Gasteiger partial charge is 0.339 e. The molecule has 4 aromatic rings. The zero-order valence-corrected chi connectivity index (χ0v) is 16.8. The molecular weight excluding hydrogens is 380 g/mol. The average molecular weight is 402 g/mol. The van der Waals surface area contributed by atoms with E-state index < -0.39 is 11.9 Å². The molecule has 0 fully saturated rings. The standard InChI is InChI=1S/C24H22N2O4/c1-3-29-21(27)13-17(24(28)30-4-2)22-16-10-6-8-12-20(16)26-23(22)18-14-25-19-11-7-5-9-15(18)19/h5-14,25-26H,3-4H2,1-2H3/b17-13-. The van der Waals surface area contributed by atoms with Gasteiger partial charge in [-0.1, -0.05) is 36.4 Å². The van der Waals surface area contributed by atoms with E-state index in [2.05, 4.69) is 9.97 Å². The van der Waals surface area contributed by atoms with Crippen LogP contribution in [-0.2, 0) is 19.1 Å². The van der Waals surface area contributed by atoms with Gasteiger partial charge >= 0.3 is 11.9 Å². The molecule has 2 aromatic heterocycles. The van der Waals surface area contributed by atoms with Crippen LogP contribution >= 0.6 is 0 Å². The van der Waals surface area contributed by atoms with Gasteiger partial charge in [0.1, 0.15) is 0 Å². The van der Waals surface area contributed by atoms with E-state index >= 15 is 0 Å². The van der Waals surface area contributed by atoms with Gasteiger partial charge in [0.25, 0.3) is 0 Å². The van der Waals surface area contributed by atoms with E-state index in [0.717, 1.165) is 33.1 Å². The highest BCUT2D eigenvalue weighted by Gasteiger charge is 2.25. The number of aromatic nitrogens is 2. The van der Waals surface area contributed by atoms with E-state index in [1.165, 1.54) is 6.08 Å². The molecule has 2 aromatic carbocycles. The van der Waals surface area contributed by atoms with Crippen molar-refractivity contribution in [1.29, 1.82) is 0 Å². The van der Waals surface area contributed by atoms with Gasteiger partial charge in [0.15, 0.2) is 0 Å². The summed E-state index contributed by atoms with van der Waals surface area (Å²) < 4.78 is 10.4. The topological polar surface area (TPSA) is 84.2 Å². The minimum Gasteiger partial charge on any atom is -0.463 e. The van der Waals surface area contributed by atoms with Crippen molar-refractivity contribution in [2.75, 3.05) is 13.2 Å². The zero-order chi connectivity index (χ0) is 21.1. The number of hydrogen-bond donors (Lipinski definition) is 2. The predicted octanol–water partition coefficient (Wildman–Crippen LogP) is 4.83. The summed E-state index contributed by atoms with van der Waals surface area (Å²) in [5, 5.41) is 1.83. The van der Waals surface area contributed by atoms with E-state index in [9.17, 15) is 9.59 Å². The summed E-state index contributed by atoms with van der Waals surface area (Å²) in [5.74, 6) is -1.16. The average Bonchev–Trinajstić information content (AvgIpc) is 3.33. The van der Waals surface area contributed by atoms with Gasteiger partial charge in [-0.2, -0.15) is 0 Å². The molecule has 0 aliphatic heterocycles. The summed E-state index contributed by atoms with van der Waals surface area (Å²) in [7, 11) is 0. The molecule has 0 bridgehead atoms. The Balaban J connectivity index is 2.01. The first kappa shape index (κ1) is 19.5. The lowest BCUT2D eigenvalue weighted by Crippen LogP contribution is -2.11. The van der Waals surface area contributed by atoms with Crippen LogP contribution in [0.25, 0.3) is 38.6 Å². The lowest BCUT2D eigenvalue weighted by Gasteiger charge is -2.09. The van der Waals surface area contributed by atoms with Gasteiger partial charge in [0.05, 0.1) is 24.5 Å². The van der Waals surface area contributed by atoms with Crippen LogP contribution in [0.1, 0.15) is 19.4 Å². The first-order chi connectivity index (χ1) is 14.6. The van der Waals surface area contributed by atoms with Crippen molar-refractivity contribution in [1.82, 2.24) is 9.97 Å². The van der Waals surface area contributed by atoms with Crippen molar-refractivity contribution >= 4 is 39.3 Å². The highest BCUT2D eigenvalue weighted by molar-refractivity contribution is 6.26. The van der Waals surface area contributed by atoms with Gasteiger partial charge in [-0.15, -0.1) is 0 Å². The molecule has 0 radical (unpaired) electrons. The normalized spacial score (nSPS) is 11.7. The Hall–Kier alpha value is -3.80. The number of H-pyrrole nitrogens is 2. The molecule has 0 saturated heterocycles. The summed E-state index contributed by atoms with van der Waals surface area (Å²) in [6.07, 6.45) is 3.11. The van der Waals surface area contributed by atoms with Crippen LogP contribution in [0, 0.1) is 0 Å². The second-order valence-corrected chi connectivity index (χ2v) is 6.70. The van der Waals surface area contributed by atoms with E-state index in [1.54, 1.807) is 13.8 Å². The first-order valence-corrected chi connectivity index (χ1v) is 9.87. The van der Waals surface area contributed by atoms with Gasteiger partial charge in [-0.25, -0.2) is 9.59 Å². The number of esters is 2. The van der Waals surface area contributed by atoms with Crippen LogP contribution in [-0.4, -0.2) is 35.1 Å². The van der Waals surface area contributed by atoms with E-state index in [-0.39, 0.29) is 18.8 Å². The molecule has 6 heteroatoms. The fourth-order valence-electron chi connectivity index (χ4n) is 3.65. The van der Waals surface area contributed by atoms with Gasteiger partial charge in [-0.3, -0.25) is 0 Å². The van der Waals surface area contributed by atoms with Crippen LogP contribution in [0.4, 0.5) is 0 Å². The quantitative estimate of drug-likeness (QED) is 0.358. The van der Waals surface area contributed by atoms with Crippen LogP contribution < -0.4 is 0 Å². The number of benzene rings is 2. The van der Waals surface area contributed by atoms with Crippen molar-refractivity contribution < 1.29 is 19.1 Å². The predicted molar refractivity (Wildman–Crippen MR) is 117 cm³/mol. The molecule has 0 atom stereocenters. The monoisotopic (exact) mass is 402 g/mol. The minimum absolute atomic E-state index is 0.160. The Morgan fingerprint density at radius 1 is 0.900 bits per heavy atom. The Morgan fingerprint density at radius 3 is 2.30 bits per heavy atom. The van der Waals surface area contributed by atoms with Crippen LogP contribution in [0.3, 0.4) is 0 Å². The minimum atomic E-state index is -0.587. The number of aromatic amines is 2.